The Bertz CT molecular complexity index is 305. The molecule has 4 unspecified atom stereocenters. The van der Waals surface area contributed by atoms with Gasteiger partial charge in [-0.3, -0.25) is 4.90 Å². The van der Waals surface area contributed by atoms with Gasteiger partial charge in [-0.15, -0.1) is 0 Å². The first kappa shape index (κ1) is 15.3. The van der Waals surface area contributed by atoms with Gasteiger partial charge in [-0.2, -0.15) is 0 Å². The third kappa shape index (κ3) is 2.84. The van der Waals surface area contributed by atoms with Gasteiger partial charge in [-0.05, 0) is 32.1 Å². The highest BCUT2D eigenvalue weighted by atomic mass is 16.5. The molecule has 2 fully saturated rings. The Balaban J connectivity index is 2.20. The van der Waals surface area contributed by atoms with Crippen LogP contribution in [0, 0.1) is 11.8 Å². The molecule has 0 aliphatic carbocycles. The normalized spacial score (nSPS) is 41.4. The maximum absolute atomic E-state index is 5.88. The highest BCUT2D eigenvalue weighted by Gasteiger charge is 2.47. The van der Waals surface area contributed by atoms with Crippen LogP contribution in [0.5, 0.6) is 0 Å². The second-order valence-electron chi connectivity index (χ2n) is 7.34. The second-order valence-corrected chi connectivity index (χ2v) is 7.34. The van der Waals surface area contributed by atoms with Gasteiger partial charge < -0.3 is 10.1 Å². The number of hydrogen-bond acceptors (Lipinski definition) is 3. The molecule has 2 rings (SSSR count). The van der Waals surface area contributed by atoms with E-state index in [9.17, 15) is 0 Å². The Labute approximate surface area is 119 Å². The zero-order chi connectivity index (χ0) is 14.2. The van der Waals surface area contributed by atoms with E-state index < -0.39 is 0 Å². The Kier molecular flexibility index (Phi) is 4.59. The molecule has 4 atom stereocenters. The lowest BCUT2D eigenvalue weighted by atomic mass is 9.84. The molecule has 2 heterocycles. The molecule has 0 amide bonds. The minimum absolute atomic E-state index is 0.212. The molecule has 3 nitrogen and oxygen atoms in total. The van der Waals surface area contributed by atoms with Gasteiger partial charge in [0, 0.05) is 37.3 Å². The molecule has 3 heteroatoms. The fourth-order valence-electron chi connectivity index (χ4n) is 3.63. The minimum Gasteiger partial charge on any atom is -0.377 e. The van der Waals surface area contributed by atoms with Crippen molar-refractivity contribution in [1.29, 1.82) is 0 Å². The Morgan fingerprint density at radius 1 is 1.21 bits per heavy atom. The fraction of sp³-hybridized carbons (Fsp3) is 1.00. The van der Waals surface area contributed by atoms with Crippen LogP contribution in [-0.4, -0.2) is 48.3 Å². The van der Waals surface area contributed by atoms with Crippen molar-refractivity contribution in [1.82, 2.24) is 10.2 Å². The summed E-state index contributed by atoms with van der Waals surface area (Å²) < 4.78 is 5.88. The first-order valence-corrected chi connectivity index (χ1v) is 7.98. The largest absolute Gasteiger partial charge is 0.377 e. The molecule has 0 aromatic carbocycles. The summed E-state index contributed by atoms with van der Waals surface area (Å²) in [5.41, 5.74) is 0.212. The number of piperazine rings is 1. The predicted octanol–water partition coefficient (Wildman–Crippen LogP) is 2.51. The molecule has 0 spiro atoms. The number of ether oxygens (including phenoxy) is 1. The molecular formula is C16H32N2O. The van der Waals surface area contributed by atoms with Crippen LogP contribution < -0.4 is 5.32 Å². The monoisotopic (exact) mass is 268 g/mol. The van der Waals surface area contributed by atoms with Crippen molar-refractivity contribution >= 4 is 0 Å². The molecule has 0 radical (unpaired) electrons. The summed E-state index contributed by atoms with van der Waals surface area (Å²) in [5.74, 6) is 1.38. The minimum atomic E-state index is 0.212. The van der Waals surface area contributed by atoms with Crippen LogP contribution in [0.25, 0.3) is 0 Å². The van der Waals surface area contributed by atoms with Gasteiger partial charge in [-0.1, -0.05) is 27.7 Å². The molecule has 0 bridgehead atoms. The fourth-order valence-corrected chi connectivity index (χ4v) is 3.63. The summed E-state index contributed by atoms with van der Waals surface area (Å²) in [5, 5.41) is 3.75. The standard InChI is InChI=1S/C16H32N2O/c1-11(2)14-10-18(15(9-17-14)12(3)4)16(6)7-8-19-13(16)5/h11-15,17H,7-10H2,1-6H3. The average Bonchev–Trinajstić information content (AvgIpc) is 2.70. The first-order chi connectivity index (χ1) is 8.86. The van der Waals surface area contributed by atoms with Gasteiger partial charge in [0.2, 0.25) is 0 Å². The highest BCUT2D eigenvalue weighted by Crippen LogP contribution is 2.36. The molecule has 19 heavy (non-hydrogen) atoms. The molecule has 0 aromatic heterocycles. The van der Waals surface area contributed by atoms with Crippen molar-refractivity contribution in [3.8, 4) is 0 Å². The van der Waals surface area contributed by atoms with E-state index in [1.54, 1.807) is 0 Å². The second kappa shape index (κ2) is 5.71. The van der Waals surface area contributed by atoms with E-state index in [0.29, 0.717) is 30.0 Å². The van der Waals surface area contributed by atoms with Gasteiger partial charge in [-0.25, -0.2) is 0 Å². The lowest BCUT2D eigenvalue weighted by molar-refractivity contribution is -0.0416. The molecule has 2 saturated heterocycles. The SMILES string of the molecule is CC(C)C1CN(C2(C)CCOC2C)C(C(C)C)CN1. The van der Waals surface area contributed by atoms with Crippen LogP contribution in [-0.2, 0) is 4.74 Å². The Morgan fingerprint density at radius 2 is 1.89 bits per heavy atom. The maximum atomic E-state index is 5.88. The molecule has 112 valence electrons. The van der Waals surface area contributed by atoms with E-state index in [1.807, 2.05) is 0 Å². The highest BCUT2D eigenvalue weighted by molar-refractivity contribution is 5.03. The summed E-state index contributed by atoms with van der Waals surface area (Å²) in [6.07, 6.45) is 1.52. The molecule has 2 aliphatic rings. The number of nitrogens with one attached hydrogen (secondary N) is 1. The summed E-state index contributed by atoms with van der Waals surface area (Å²) >= 11 is 0. The van der Waals surface area contributed by atoms with Crippen molar-refractivity contribution in [3.05, 3.63) is 0 Å². The molecule has 2 aliphatic heterocycles. The molecule has 0 saturated carbocycles. The molecule has 0 aromatic rings. The van der Waals surface area contributed by atoms with Crippen molar-refractivity contribution in [3.63, 3.8) is 0 Å². The van der Waals surface area contributed by atoms with Gasteiger partial charge in [0.05, 0.1) is 6.10 Å². The van der Waals surface area contributed by atoms with Gasteiger partial charge in [0.25, 0.3) is 0 Å². The van der Waals surface area contributed by atoms with Crippen molar-refractivity contribution in [2.45, 2.75) is 71.7 Å². The summed E-state index contributed by atoms with van der Waals surface area (Å²) in [6, 6.07) is 1.24. The maximum Gasteiger partial charge on any atom is 0.0728 e. The third-order valence-corrected chi connectivity index (χ3v) is 5.47. The number of hydrogen-bond donors (Lipinski definition) is 1. The summed E-state index contributed by atoms with van der Waals surface area (Å²) in [4.78, 5) is 2.76. The van der Waals surface area contributed by atoms with Gasteiger partial charge >= 0.3 is 0 Å². The van der Waals surface area contributed by atoms with Crippen LogP contribution in [0.1, 0.15) is 48.0 Å². The Hall–Kier alpha value is -0.120. The zero-order valence-corrected chi connectivity index (χ0v) is 13.6. The van der Waals surface area contributed by atoms with Crippen LogP contribution in [0.4, 0.5) is 0 Å². The van der Waals surface area contributed by atoms with E-state index in [-0.39, 0.29) is 5.54 Å². The average molecular weight is 268 g/mol. The van der Waals surface area contributed by atoms with E-state index >= 15 is 0 Å². The van der Waals surface area contributed by atoms with E-state index in [1.165, 1.54) is 6.42 Å². The van der Waals surface area contributed by atoms with Crippen molar-refractivity contribution < 1.29 is 4.74 Å². The smallest absolute Gasteiger partial charge is 0.0728 e. The Morgan fingerprint density at radius 3 is 2.37 bits per heavy atom. The van der Waals surface area contributed by atoms with E-state index in [2.05, 4.69) is 51.8 Å². The predicted molar refractivity (Wildman–Crippen MR) is 80.4 cm³/mol. The van der Waals surface area contributed by atoms with Crippen molar-refractivity contribution in [2.24, 2.45) is 11.8 Å². The number of rotatable bonds is 3. The topological polar surface area (TPSA) is 24.5 Å². The number of nitrogens with zero attached hydrogens (tertiary/aromatic N) is 1. The van der Waals surface area contributed by atoms with E-state index in [0.717, 1.165) is 19.7 Å². The molecular weight excluding hydrogens is 236 g/mol. The van der Waals surface area contributed by atoms with Crippen LogP contribution in [0.15, 0.2) is 0 Å². The summed E-state index contributed by atoms with van der Waals surface area (Å²) in [7, 11) is 0. The lowest BCUT2D eigenvalue weighted by Gasteiger charge is -2.52. The summed E-state index contributed by atoms with van der Waals surface area (Å²) in [6.45, 7) is 17.2. The van der Waals surface area contributed by atoms with Crippen LogP contribution in [0.2, 0.25) is 0 Å². The molecule has 1 N–H and O–H groups in total. The third-order valence-electron chi connectivity index (χ3n) is 5.47. The van der Waals surface area contributed by atoms with Crippen LogP contribution in [0.3, 0.4) is 0 Å². The first-order valence-electron chi connectivity index (χ1n) is 7.98. The lowest BCUT2D eigenvalue weighted by Crippen LogP contribution is -2.67. The van der Waals surface area contributed by atoms with Gasteiger partial charge in [0.15, 0.2) is 0 Å². The van der Waals surface area contributed by atoms with Crippen LogP contribution >= 0.6 is 0 Å². The zero-order valence-electron chi connectivity index (χ0n) is 13.6. The van der Waals surface area contributed by atoms with E-state index in [4.69, 9.17) is 4.74 Å². The quantitative estimate of drug-likeness (QED) is 0.851. The van der Waals surface area contributed by atoms with Gasteiger partial charge in [0.1, 0.15) is 0 Å². The van der Waals surface area contributed by atoms with Crippen molar-refractivity contribution in [2.75, 3.05) is 19.7 Å².